The highest BCUT2D eigenvalue weighted by molar-refractivity contribution is 7.91. The van der Waals surface area contributed by atoms with Crippen molar-refractivity contribution in [3.63, 3.8) is 0 Å². The van der Waals surface area contributed by atoms with Crippen LogP contribution in [0.15, 0.2) is 42.5 Å². The van der Waals surface area contributed by atoms with Gasteiger partial charge in [-0.2, -0.15) is 0 Å². The number of phenols is 1. The maximum absolute atomic E-state index is 13.3. The summed E-state index contributed by atoms with van der Waals surface area (Å²) in [4.78, 5) is 27.6. The molecule has 9 heteroatoms. The van der Waals surface area contributed by atoms with Gasteiger partial charge in [-0.3, -0.25) is 14.5 Å². The van der Waals surface area contributed by atoms with Crippen LogP contribution in [0.4, 0.5) is 0 Å². The molecule has 2 aromatic rings. The highest BCUT2D eigenvalue weighted by atomic mass is 32.2. The molecule has 2 atom stereocenters. The van der Waals surface area contributed by atoms with E-state index >= 15 is 0 Å². The van der Waals surface area contributed by atoms with Gasteiger partial charge in [-0.25, -0.2) is 8.42 Å². The molecule has 35 heavy (non-hydrogen) atoms. The average Bonchev–Trinajstić information content (AvgIpc) is 2.82. The molecule has 0 saturated heterocycles. The first kappa shape index (κ1) is 28.5. The summed E-state index contributed by atoms with van der Waals surface area (Å²) in [6.07, 6.45) is 1.30. The second kappa shape index (κ2) is 12.8. The van der Waals surface area contributed by atoms with E-state index in [1.54, 1.807) is 12.1 Å². The number of hydrogen-bond acceptors (Lipinski definition) is 7. The number of hydrogen-bond donors (Lipinski definition) is 3. The average molecular weight is 504 g/mol. The second-order valence-electron chi connectivity index (χ2n) is 8.92. The number of carbonyl (C=O) groups excluding carboxylic acids is 2. The molecule has 8 nitrogen and oxygen atoms in total. The van der Waals surface area contributed by atoms with E-state index < -0.39 is 33.7 Å². The number of imide groups is 1. The summed E-state index contributed by atoms with van der Waals surface area (Å²) in [6, 6.07) is 10.8. The lowest BCUT2D eigenvalue weighted by molar-refractivity contribution is -0.146. The minimum Gasteiger partial charge on any atom is -0.508 e. The molecule has 2 amide bonds. The Labute approximate surface area is 208 Å². The second-order valence-corrected chi connectivity index (χ2v) is 11.4. The molecule has 0 aliphatic heterocycles. The van der Waals surface area contributed by atoms with Crippen LogP contribution in [0.1, 0.15) is 42.0 Å². The molecule has 0 spiro atoms. The Kier molecular flexibility index (Phi) is 10.4. The molecule has 2 rings (SSSR count). The topological polar surface area (TPSA) is 144 Å². The lowest BCUT2D eigenvalue weighted by atomic mass is 9.95. The van der Waals surface area contributed by atoms with Crippen molar-refractivity contribution in [2.75, 3.05) is 18.1 Å². The van der Waals surface area contributed by atoms with Gasteiger partial charge in [0.1, 0.15) is 15.6 Å². The van der Waals surface area contributed by atoms with E-state index in [1.165, 1.54) is 6.92 Å². The third-order valence-corrected chi connectivity index (χ3v) is 7.88. The molecule has 0 aliphatic rings. The number of amides is 2. The van der Waals surface area contributed by atoms with Gasteiger partial charge in [-0.05, 0) is 73.9 Å². The van der Waals surface area contributed by atoms with Gasteiger partial charge in [0.25, 0.3) is 0 Å². The standard InChI is InChI=1S/C26H37N3O5S/c1-4-35(33,34)14-12-23(27)25(31)29(13-8-11-20-9-6-5-7-10-20)26(32)24(28)17-22-18(2)15-21(30)16-19(22)3/h5-7,9-10,15-16,23-24,30H,4,8,11-14,17,27-28H2,1-3H3/t23?,24-/m0/s1. The monoisotopic (exact) mass is 503 g/mol. The molecule has 0 radical (unpaired) electrons. The van der Waals surface area contributed by atoms with E-state index in [0.29, 0.717) is 12.8 Å². The van der Waals surface area contributed by atoms with Crippen LogP contribution in [0.3, 0.4) is 0 Å². The molecule has 0 aliphatic carbocycles. The summed E-state index contributed by atoms with van der Waals surface area (Å²) < 4.78 is 23.7. The molecule has 192 valence electrons. The van der Waals surface area contributed by atoms with E-state index in [1.807, 2.05) is 44.2 Å². The predicted octanol–water partition coefficient (Wildman–Crippen LogP) is 2.02. The van der Waals surface area contributed by atoms with Crippen LogP contribution in [-0.4, -0.2) is 60.4 Å². The van der Waals surface area contributed by atoms with Crippen molar-refractivity contribution < 1.29 is 23.1 Å². The van der Waals surface area contributed by atoms with Crippen molar-refractivity contribution in [1.29, 1.82) is 0 Å². The zero-order chi connectivity index (χ0) is 26.2. The first-order valence-electron chi connectivity index (χ1n) is 11.8. The Balaban J connectivity index is 2.18. The van der Waals surface area contributed by atoms with Gasteiger partial charge in [0.05, 0.1) is 17.8 Å². The van der Waals surface area contributed by atoms with Gasteiger partial charge in [0, 0.05) is 12.3 Å². The van der Waals surface area contributed by atoms with Gasteiger partial charge >= 0.3 is 0 Å². The predicted molar refractivity (Wildman–Crippen MR) is 138 cm³/mol. The molecular formula is C26H37N3O5S. The minimum atomic E-state index is -3.30. The van der Waals surface area contributed by atoms with Crippen LogP contribution in [0.2, 0.25) is 0 Å². The summed E-state index contributed by atoms with van der Waals surface area (Å²) in [7, 11) is -3.30. The van der Waals surface area contributed by atoms with Crippen molar-refractivity contribution in [1.82, 2.24) is 4.90 Å². The summed E-state index contributed by atoms with van der Waals surface area (Å²) in [5.41, 5.74) is 15.8. The number of aromatic hydroxyl groups is 1. The van der Waals surface area contributed by atoms with E-state index in [9.17, 15) is 23.1 Å². The first-order chi connectivity index (χ1) is 16.4. The fraction of sp³-hybridized carbons (Fsp3) is 0.462. The third-order valence-electron chi connectivity index (χ3n) is 6.14. The molecule has 0 fully saturated rings. The van der Waals surface area contributed by atoms with E-state index in [-0.39, 0.29) is 36.6 Å². The summed E-state index contributed by atoms with van der Waals surface area (Å²) >= 11 is 0. The number of aryl methyl sites for hydroxylation is 3. The summed E-state index contributed by atoms with van der Waals surface area (Å²) in [5.74, 6) is -1.30. The Morgan fingerprint density at radius 3 is 2.14 bits per heavy atom. The molecular weight excluding hydrogens is 466 g/mol. The summed E-state index contributed by atoms with van der Waals surface area (Å²) in [5, 5.41) is 9.79. The van der Waals surface area contributed by atoms with Crippen molar-refractivity contribution in [3.8, 4) is 5.75 Å². The molecule has 0 bridgehead atoms. The minimum absolute atomic E-state index is 0.0379. The van der Waals surface area contributed by atoms with Crippen LogP contribution in [0, 0.1) is 13.8 Å². The van der Waals surface area contributed by atoms with E-state index in [0.717, 1.165) is 27.2 Å². The van der Waals surface area contributed by atoms with Crippen LogP contribution >= 0.6 is 0 Å². The van der Waals surface area contributed by atoms with Crippen molar-refractivity contribution >= 4 is 21.7 Å². The number of nitrogens with two attached hydrogens (primary N) is 2. The number of rotatable bonds is 12. The van der Waals surface area contributed by atoms with Crippen LogP contribution in [-0.2, 0) is 32.3 Å². The van der Waals surface area contributed by atoms with Gasteiger partial charge in [-0.15, -0.1) is 0 Å². The van der Waals surface area contributed by atoms with Crippen molar-refractivity contribution in [3.05, 3.63) is 64.7 Å². The smallest absolute Gasteiger partial charge is 0.246 e. The number of phenolic OH excluding ortho intramolecular Hbond substituents is 1. The van der Waals surface area contributed by atoms with E-state index in [4.69, 9.17) is 11.5 Å². The maximum atomic E-state index is 13.3. The number of sulfone groups is 1. The zero-order valence-electron chi connectivity index (χ0n) is 20.7. The third kappa shape index (κ3) is 8.45. The summed E-state index contributed by atoms with van der Waals surface area (Å²) in [6.45, 7) is 5.31. The molecule has 0 heterocycles. The Morgan fingerprint density at radius 2 is 1.57 bits per heavy atom. The highest BCUT2D eigenvalue weighted by Gasteiger charge is 2.31. The van der Waals surface area contributed by atoms with Crippen LogP contribution < -0.4 is 11.5 Å². The van der Waals surface area contributed by atoms with Gasteiger partial charge in [-0.1, -0.05) is 37.3 Å². The lowest BCUT2D eigenvalue weighted by Crippen LogP contribution is -2.53. The first-order valence-corrected chi connectivity index (χ1v) is 13.7. The molecule has 0 aromatic heterocycles. The van der Waals surface area contributed by atoms with Crippen molar-refractivity contribution in [2.45, 2.75) is 58.5 Å². The fourth-order valence-corrected chi connectivity index (χ4v) is 4.89. The van der Waals surface area contributed by atoms with Gasteiger partial charge < -0.3 is 16.6 Å². The Morgan fingerprint density at radius 1 is 1.00 bits per heavy atom. The van der Waals surface area contributed by atoms with Crippen LogP contribution in [0.5, 0.6) is 5.75 Å². The number of nitrogens with zero attached hydrogens (tertiary/aromatic N) is 1. The largest absolute Gasteiger partial charge is 0.508 e. The van der Waals surface area contributed by atoms with Gasteiger partial charge in [0.15, 0.2) is 0 Å². The van der Waals surface area contributed by atoms with Crippen molar-refractivity contribution in [2.24, 2.45) is 11.5 Å². The SMILES string of the molecule is CCS(=O)(=O)CCC(N)C(=O)N(CCCc1ccccc1)C(=O)[C@@H](N)Cc1c(C)cc(O)cc1C. The zero-order valence-corrected chi connectivity index (χ0v) is 21.6. The molecule has 2 aromatic carbocycles. The number of carbonyl (C=O) groups is 2. The molecule has 1 unspecified atom stereocenters. The Bertz CT molecular complexity index is 1100. The highest BCUT2D eigenvalue weighted by Crippen LogP contribution is 2.22. The lowest BCUT2D eigenvalue weighted by Gasteiger charge is -2.27. The normalized spacial score (nSPS) is 13.3. The molecule has 0 saturated carbocycles. The fourth-order valence-electron chi connectivity index (χ4n) is 3.99. The quantitative estimate of drug-likeness (QED) is 0.402. The maximum Gasteiger partial charge on any atom is 0.246 e. The molecule has 5 N–H and O–H groups in total. The van der Waals surface area contributed by atoms with Crippen LogP contribution in [0.25, 0.3) is 0 Å². The van der Waals surface area contributed by atoms with E-state index in [2.05, 4.69) is 0 Å². The van der Waals surface area contributed by atoms with Gasteiger partial charge in [0.2, 0.25) is 11.8 Å². The Hall–Kier alpha value is -2.75. The number of benzene rings is 2.